The van der Waals surface area contributed by atoms with E-state index in [0.29, 0.717) is 12.0 Å². The van der Waals surface area contributed by atoms with Crippen molar-refractivity contribution in [1.82, 2.24) is 4.90 Å². The zero-order valence-electron chi connectivity index (χ0n) is 11.3. The van der Waals surface area contributed by atoms with Gasteiger partial charge < -0.3 is 5.11 Å². The SMILES string of the molecule is OC(CCN1Cc2ccccc2C1)c1ccccc1F. The zero-order chi connectivity index (χ0) is 13.9. The minimum absolute atomic E-state index is 0.329. The van der Waals surface area contributed by atoms with Crippen molar-refractivity contribution >= 4 is 0 Å². The van der Waals surface area contributed by atoms with Crippen LogP contribution in [0.25, 0.3) is 0 Å². The molecule has 0 amide bonds. The quantitative estimate of drug-likeness (QED) is 0.922. The lowest BCUT2D eigenvalue weighted by Gasteiger charge is -2.18. The second kappa shape index (κ2) is 5.73. The highest BCUT2D eigenvalue weighted by molar-refractivity contribution is 5.30. The first-order valence-electron chi connectivity index (χ1n) is 6.95. The summed E-state index contributed by atoms with van der Waals surface area (Å²) in [7, 11) is 0. The van der Waals surface area contributed by atoms with E-state index in [0.717, 1.165) is 19.6 Å². The van der Waals surface area contributed by atoms with Crippen LogP contribution in [0, 0.1) is 5.82 Å². The van der Waals surface area contributed by atoms with E-state index in [-0.39, 0.29) is 5.82 Å². The number of rotatable bonds is 4. The molecule has 3 rings (SSSR count). The Balaban J connectivity index is 1.58. The molecule has 104 valence electrons. The minimum atomic E-state index is -0.736. The zero-order valence-corrected chi connectivity index (χ0v) is 11.3. The van der Waals surface area contributed by atoms with Crippen LogP contribution in [0.2, 0.25) is 0 Å². The summed E-state index contributed by atoms with van der Waals surface area (Å²) in [6.07, 6.45) is -0.186. The first-order valence-corrected chi connectivity index (χ1v) is 6.95. The highest BCUT2D eigenvalue weighted by Crippen LogP contribution is 2.25. The lowest BCUT2D eigenvalue weighted by Crippen LogP contribution is -2.20. The number of hydrogen-bond acceptors (Lipinski definition) is 2. The normalized spacial score (nSPS) is 16.1. The molecule has 1 heterocycles. The first-order chi connectivity index (χ1) is 9.74. The van der Waals surface area contributed by atoms with E-state index >= 15 is 0 Å². The van der Waals surface area contributed by atoms with Gasteiger partial charge in [-0.1, -0.05) is 42.5 Å². The molecule has 3 heteroatoms. The Bertz CT molecular complexity index is 574. The van der Waals surface area contributed by atoms with Gasteiger partial charge in [-0.2, -0.15) is 0 Å². The van der Waals surface area contributed by atoms with Crippen LogP contribution in [0.3, 0.4) is 0 Å². The monoisotopic (exact) mass is 271 g/mol. The molecule has 0 bridgehead atoms. The van der Waals surface area contributed by atoms with Crippen molar-refractivity contribution in [1.29, 1.82) is 0 Å². The molecule has 0 aromatic heterocycles. The molecule has 0 saturated carbocycles. The second-order valence-corrected chi connectivity index (χ2v) is 5.31. The number of benzene rings is 2. The molecule has 1 N–H and O–H groups in total. The molecule has 2 aromatic carbocycles. The summed E-state index contributed by atoms with van der Waals surface area (Å²) < 4.78 is 13.6. The average molecular weight is 271 g/mol. The molecule has 0 radical (unpaired) electrons. The van der Waals surface area contributed by atoms with Crippen LogP contribution in [0.15, 0.2) is 48.5 Å². The summed E-state index contributed by atoms with van der Waals surface area (Å²) in [5.74, 6) is -0.329. The summed E-state index contributed by atoms with van der Waals surface area (Å²) in [5.41, 5.74) is 3.10. The molecule has 1 unspecified atom stereocenters. The third-order valence-corrected chi connectivity index (χ3v) is 3.89. The van der Waals surface area contributed by atoms with Gasteiger partial charge in [-0.05, 0) is 23.6 Å². The first kappa shape index (κ1) is 13.3. The van der Waals surface area contributed by atoms with Gasteiger partial charge in [0, 0.05) is 25.2 Å². The summed E-state index contributed by atoms with van der Waals surface area (Å²) >= 11 is 0. The Morgan fingerprint density at radius 3 is 2.25 bits per heavy atom. The molecule has 1 aliphatic rings. The van der Waals surface area contributed by atoms with Crippen LogP contribution in [0.1, 0.15) is 29.2 Å². The number of hydrogen-bond donors (Lipinski definition) is 1. The topological polar surface area (TPSA) is 23.5 Å². The molecule has 1 aliphatic heterocycles. The van der Waals surface area contributed by atoms with Crippen molar-refractivity contribution in [3.05, 3.63) is 71.0 Å². The van der Waals surface area contributed by atoms with E-state index in [1.807, 2.05) is 0 Å². The number of halogens is 1. The summed E-state index contributed by atoms with van der Waals surface area (Å²) in [6, 6.07) is 14.8. The number of aliphatic hydroxyl groups is 1. The van der Waals surface area contributed by atoms with Crippen molar-refractivity contribution in [2.24, 2.45) is 0 Å². The molecular weight excluding hydrogens is 253 g/mol. The van der Waals surface area contributed by atoms with Gasteiger partial charge in [-0.25, -0.2) is 4.39 Å². The van der Waals surface area contributed by atoms with E-state index in [1.165, 1.54) is 17.2 Å². The van der Waals surface area contributed by atoms with Crippen molar-refractivity contribution < 1.29 is 9.50 Å². The number of nitrogens with zero attached hydrogens (tertiary/aromatic N) is 1. The molecule has 0 fully saturated rings. The fourth-order valence-corrected chi connectivity index (χ4v) is 2.77. The van der Waals surface area contributed by atoms with E-state index < -0.39 is 6.10 Å². The Morgan fingerprint density at radius 1 is 1.00 bits per heavy atom. The lowest BCUT2D eigenvalue weighted by atomic mass is 10.1. The van der Waals surface area contributed by atoms with Gasteiger partial charge in [0.2, 0.25) is 0 Å². The van der Waals surface area contributed by atoms with Crippen molar-refractivity contribution in [2.45, 2.75) is 25.6 Å². The molecule has 20 heavy (non-hydrogen) atoms. The van der Waals surface area contributed by atoms with Gasteiger partial charge in [0.05, 0.1) is 6.10 Å². The van der Waals surface area contributed by atoms with Crippen molar-refractivity contribution in [2.75, 3.05) is 6.54 Å². The highest BCUT2D eigenvalue weighted by atomic mass is 19.1. The van der Waals surface area contributed by atoms with E-state index in [2.05, 4.69) is 29.2 Å². The fraction of sp³-hybridized carbons (Fsp3) is 0.294. The van der Waals surface area contributed by atoms with Gasteiger partial charge >= 0.3 is 0 Å². The smallest absolute Gasteiger partial charge is 0.128 e. The van der Waals surface area contributed by atoms with Crippen LogP contribution in [0.5, 0.6) is 0 Å². The molecule has 2 nitrogen and oxygen atoms in total. The van der Waals surface area contributed by atoms with Crippen LogP contribution >= 0.6 is 0 Å². The number of fused-ring (bicyclic) bond motifs is 1. The average Bonchev–Trinajstić information content (AvgIpc) is 2.88. The van der Waals surface area contributed by atoms with E-state index in [9.17, 15) is 9.50 Å². The second-order valence-electron chi connectivity index (χ2n) is 5.31. The third kappa shape index (κ3) is 2.74. The molecular formula is C17H18FNO. The molecule has 0 saturated heterocycles. The molecule has 1 atom stereocenters. The van der Waals surface area contributed by atoms with Crippen LogP contribution in [-0.4, -0.2) is 16.6 Å². The lowest BCUT2D eigenvalue weighted by molar-refractivity contribution is 0.138. The van der Waals surface area contributed by atoms with Gasteiger partial charge in [0.1, 0.15) is 5.82 Å². The van der Waals surface area contributed by atoms with Crippen LogP contribution < -0.4 is 0 Å². The van der Waals surface area contributed by atoms with Crippen molar-refractivity contribution in [3.63, 3.8) is 0 Å². The van der Waals surface area contributed by atoms with Crippen LogP contribution in [0.4, 0.5) is 4.39 Å². The van der Waals surface area contributed by atoms with Crippen LogP contribution in [-0.2, 0) is 13.1 Å². The molecule has 2 aromatic rings. The van der Waals surface area contributed by atoms with Gasteiger partial charge in [-0.3, -0.25) is 4.90 Å². The maximum atomic E-state index is 13.6. The Labute approximate surface area is 118 Å². The fourth-order valence-electron chi connectivity index (χ4n) is 2.77. The Hall–Kier alpha value is -1.71. The maximum absolute atomic E-state index is 13.6. The molecule has 0 spiro atoms. The van der Waals surface area contributed by atoms with Gasteiger partial charge in [0.15, 0.2) is 0 Å². The standard InChI is InChI=1S/C17H18FNO/c18-16-8-4-3-7-15(16)17(20)9-10-19-11-13-5-1-2-6-14(13)12-19/h1-8,17,20H,9-12H2. The van der Waals surface area contributed by atoms with Gasteiger partial charge in [-0.15, -0.1) is 0 Å². The van der Waals surface area contributed by atoms with E-state index in [1.54, 1.807) is 18.2 Å². The summed E-state index contributed by atoms with van der Waals surface area (Å²) in [6.45, 7) is 2.60. The summed E-state index contributed by atoms with van der Waals surface area (Å²) in [5, 5.41) is 10.1. The maximum Gasteiger partial charge on any atom is 0.128 e. The predicted octanol–water partition coefficient (Wildman–Crippen LogP) is 3.27. The Kier molecular flexibility index (Phi) is 3.81. The highest BCUT2D eigenvalue weighted by Gasteiger charge is 2.20. The minimum Gasteiger partial charge on any atom is -0.388 e. The number of aliphatic hydroxyl groups excluding tert-OH is 1. The predicted molar refractivity (Wildman–Crippen MR) is 76.5 cm³/mol. The van der Waals surface area contributed by atoms with E-state index in [4.69, 9.17) is 0 Å². The molecule has 0 aliphatic carbocycles. The third-order valence-electron chi connectivity index (χ3n) is 3.89. The Morgan fingerprint density at radius 2 is 1.60 bits per heavy atom. The van der Waals surface area contributed by atoms with Gasteiger partial charge in [0.25, 0.3) is 0 Å². The van der Waals surface area contributed by atoms with Crippen molar-refractivity contribution in [3.8, 4) is 0 Å². The summed E-state index contributed by atoms with van der Waals surface area (Å²) in [4.78, 5) is 2.29. The largest absolute Gasteiger partial charge is 0.388 e.